The van der Waals surface area contributed by atoms with Crippen molar-refractivity contribution in [3.05, 3.63) is 69.2 Å². The molecule has 0 radical (unpaired) electrons. The number of hydrogen-bond donors (Lipinski definition) is 1. The Kier molecular flexibility index (Phi) is 4.32. The summed E-state index contributed by atoms with van der Waals surface area (Å²) in [6.07, 6.45) is 0.471. The molecule has 1 unspecified atom stereocenters. The molecule has 0 fully saturated rings. The third-order valence-electron chi connectivity index (χ3n) is 3.02. The number of hydrogen-bond acceptors (Lipinski definition) is 1. The second-order valence-corrected chi connectivity index (χ2v) is 5.44. The molecule has 0 aliphatic carbocycles. The van der Waals surface area contributed by atoms with Crippen molar-refractivity contribution in [2.75, 3.05) is 0 Å². The van der Waals surface area contributed by atoms with Gasteiger partial charge in [-0.2, -0.15) is 0 Å². The van der Waals surface area contributed by atoms with E-state index in [0.717, 1.165) is 23.3 Å². The van der Waals surface area contributed by atoms with Gasteiger partial charge in [0.1, 0.15) is 11.6 Å². The number of rotatable bonds is 3. The lowest BCUT2D eigenvalue weighted by Gasteiger charge is -2.14. The largest absolute Gasteiger partial charge is 0.324 e. The van der Waals surface area contributed by atoms with Gasteiger partial charge >= 0.3 is 0 Å². The zero-order chi connectivity index (χ0) is 14.0. The number of halogens is 3. The van der Waals surface area contributed by atoms with Crippen LogP contribution >= 0.6 is 15.9 Å². The molecule has 2 aromatic rings. The van der Waals surface area contributed by atoms with Crippen LogP contribution in [0.25, 0.3) is 0 Å². The van der Waals surface area contributed by atoms with Crippen molar-refractivity contribution in [3.63, 3.8) is 0 Å². The van der Waals surface area contributed by atoms with E-state index in [2.05, 4.69) is 15.9 Å². The van der Waals surface area contributed by atoms with Crippen LogP contribution in [0.15, 0.2) is 40.9 Å². The average Bonchev–Trinajstić information content (AvgIpc) is 2.36. The summed E-state index contributed by atoms with van der Waals surface area (Å²) in [6.45, 7) is 1.99. The van der Waals surface area contributed by atoms with Crippen LogP contribution in [0.1, 0.15) is 22.7 Å². The molecule has 0 aromatic heterocycles. The van der Waals surface area contributed by atoms with Crippen LogP contribution in [0.5, 0.6) is 0 Å². The Morgan fingerprint density at radius 2 is 1.74 bits per heavy atom. The summed E-state index contributed by atoms with van der Waals surface area (Å²) < 4.78 is 27.3. The minimum atomic E-state index is -0.565. The Labute approximate surface area is 119 Å². The molecule has 4 heteroatoms. The molecule has 0 heterocycles. The normalized spacial score (nSPS) is 12.5. The lowest BCUT2D eigenvalue weighted by atomic mass is 9.98. The van der Waals surface area contributed by atoms with E-state index in [0.29, 0.717) is 6.42 Å². The third-order valence-corrected chi connectivity index (χ3v) is 3.62. The molecule has 0 spiro atoms. The maximum Gasteiger partial charge on any atom is 0.137 e. The third kappa shape index (κ3) is 3.39. The van der Waals surface area contributed by atoms with E-state index in [-0.39, 0.29) is 10.0 Å². The maximum absolute atomic E-state index is 13.8. The molecule has 0 saturated heterocycles. The number of aryl methyl sites for hydroxylation is 1. The molecular weight excluding hydrogens is 312 g/mol. The maximum atomic E-state index is 13.8. The fraction of sp³-hybridized carbons (Fsp3) is 0.200. The van der Waals surface area contributed by atoms with E-state index < -0.39 is 17.7 Å². The summed E-state index contributed by atoms with van der Waals surface area (Å²) in [5.41, 5.74) is 8.31. The molecule has 0 aliphatic rings. The van der Waals surface area contributed by atoms with Crippen LogP contribution in [0.4, 0.5) is 8.78 Å². The van der Waals surface area contributed by atoms with Gasteiger partial charge in [-0.05, 0) is 47.0 Å². The van der Waals surface area contributed by atoms with Crippen LogP contribution in [-0.2, 0) is 6.42 Å². The van der Waals surface area contributed by atoms with Gasteiger partial charge in [-0.1, -0.05) is 29.8 Å². The van der Waals surface area contributed by atoms with Crippen LogP contribution in [-0.4, -0.2) is 0 Å². The molecular formula is C15H14BrF2N. The van der Waals surface area contributed by atoms with Gasteiger partial charge in [0.05, 0.1) is 4.47 Å². The Hall–Kier alpha value is -1.26. The Morgan fingerprint density at radius 1 is 1.11 bits per heavy atom. The number of nitrogens with two attached hydrogens (primary N) is 1. The van der Waals surface area contributed by atoms with E-state index >= 15 is 0 Å². The monoisotopic (exact) mass is 325 g/mol. The fourth-order valence-electron chi connectivity index (χ4n) is 1.91. The van der Waals surface area contributed by atoms with E-state index in [9.17, 15) is 8.78 Å². The second kappa shape index (κ2) is 5.80. The predicted octanol–water partition coefficient (Wildman–Crippen LogP) is 4.28. The van der Waals surface area contributed by atoms with Crippen LogP contribution < -0.4 is 5.73 Å². The first-order chi connectivity index (χ1) is 8.97. The van der Waals surface area contributed by atoms with Crippen molar-refractivity contribution in [2.45, 2.75) is 19.4 Å². The van der Waals surface area contributed by atoms with Crippen molar-refractivity contribution < 1.29 is 8.78 Å². The van der Waals surface area contributed by atoms with Crippen LogP contribution in [0.2, 0.25) is 0 Å². The minimum absolute atomic E-state index is 0.108. The minimum Gasteiger partial charge on any atom is -0.324 e. The first-order valence-corrected chi connectivity index (χ1v) is 6.72. The highest BCUT2D eigenvalue weighted by atomic mass is 79.9. The highest BCUT2D eigenvalue weighted by molar-refractivity contribution is 9.10. The van der Waals surface area contributed by atoms with Gasteiger partial charge in [-0.15, -0.1) is 0 Å². The van der Waals surface area contributed by atoms with Crippen molar-refractivity contribution >= 4 is 15.9 Å². The summed E-state index contributed by atoms with van der Waals surface area (Å²) in [7, 11) is 0. The SMILES string of the molecule is Cc1ccc(CC(N)c2cc(F)c(Br)cc2F)cc1. The van der Waals surface area contributed by atoms with E-state index in [1.807, 2.05) is 31.2 Å². The van der Waals surface area contributed by atoms with E-state index in [1.165, 1.54) is 0 Å². The highest BCUT2D eigenvalue weighted by Gasteiger charge is 2.15. The van der Waals surface area contributed by atoms with E-state index in [4.69, 9.17) is 5.73 Å². The molecule has 0 bridgehead atoms. The highest BCUT2D eigenvalue weighted by Crippen LogP contribution is 2.25. The molecule has 2 aromatic carbocycles. The average molecular weight is 326 g/mol. The quantitative estimate of drug-likeness (QED) is 0.837. The Morgan fingerprint density at radius 3 is 2.37 bits per heavy atom. The van der Waals surface area contributed by atoms with Crippen molar-refractivity contribution in [1.82, 2.24) is 0 Å². The molecule has 0 aliphatic heterocycles. The van der Waals surface area contributed by atoms with Crippen LogP contribution in [0, 0.1) is 18.6 Å². The lowest BCUT2D eigenvalue weighted by molar-refractivity contribution is 0.557. The van der Waals surface area contributed by atoms with Crippen molar-refractivity contribution in [3.8, 4) is 0 Å². The predicted molar refractivity (Wildman–Crippen MR) is 75.9 cm³/mol. The summed E-state index contributed by atoms with van der Waals surface area (Å²) in [6, 6.07) is 9.54. The molecule has 0 amide bonds. The first-order valence-electron chi connectivity index (χ1n) is 5.93. The molecule has 1 atom stereocenters. The van der Waals surface area contributed by atoms with Gasteiger partial charge in [-0.3, -0.25) is 0 Å². The van der Waals surface area contributed by atoms with Gasteiger partial charge in [0.2, 0.25) is 0 Å². The summed E-state index contributed by atoms with van der Waals surface area (Å²) in [5, 5.41) is 0. The summed E-state index contributed by atoms with van der Waals surface area (Å²) in [4.78, 5) is 0. The van der Waals surface area contributed by atoms with E-state index in [1.54, 1.807) is 0 Å². The smallest absolute Gasteiger partial charge is 0.137 e. The number of benzene rings is 2. The van der Waals surface area contributed by atoms with Gasteiger partial charge in [0.25, 0.3) is 0 Å². The van der Waals surface area contributed by atoms with Crippen molar-refractivity contribution in [2.24, 2.45) is 5.73 Å². The fourth-order valence-corrected chi connectivity index (χ4v) is 2.23. The molecule has 2 N–H and O–H groups in total. The van der Waals surface area contributed by atoms with Gasteiger partial charge in [-0.25, -0.2) is 8.78 Å². The Bertz CT molecular complexity index is 581. The van der Waals surface area contributed by atoms with Gasteiger partial charge < -0.3 is 5.73 Å². The molecule has 0 saturated carbocycles. The van der Waals surface area contributed by atoms with Crippen LogP contribution in [0.3, 0.4) is 0 Å². The van der Waals surface area contributed by atoms with Crippen molar-refractivity contribution in [1.29, 1.82) is 0 Å². The first kappa shape index (κ1) is 14.2. The molecule has 1 nitrogen and oxygen atoms in total. The summed E-state index contributed by atoms with van der Waals surface area (Å²) in [5.74, 6) is -0.997. The zero-order valence-corrected chi connectivity index (χ0v) is 12.0. The zero-order valence-electron chi connectivity index (χ0n) is 10.5. The Balaban J connectivity index is 2.22. The van der Waals surface area contributed by atoms with Gasteiger partial charge in [0, 0.05) is 11.6 Å². The van der Waals surface area contributed by atoms with Gasteiger partial charge in [0.15, 0.2) is 0 Å². The molecule has 19 heavy (non-hydrogen) atoms. The standard InChI is InChI=1S/C15H14BrF2N/c1-9-2-4-10(5-3-9)6-15(19)11-7-14(18)12(16)8-13(11)17/h2-5,7-8,15H,6,19H2,1H3. The molecule has 100 valence electrons. The second-order valence-electron chi connectivity index (χ2n) is 4.58. The lowest BCUT2D eigenvalue weighted by Crippen LogP contribution is -2.15. The summed E-state index contributed by atoms with van der Waals surface area (Å²) >= 11 is 2.95. The topological polar surface area (TPSA) is 26.0 Å². The molecule has 2 rings (SSSR count).